The Morgan fingerprint density at radius 2 is 1.83 bits per heavy atom. The highest BCUT2D eigenvalue weighted by atomic mass is 16.5. The van der Waals surface area contributed by atoms with E-state index in [1.54, 1.807) is 7.11 Å². The molecular weight excluding hydrogens is 288 g/mol. The van der Waals surface area contributed by atoms with Crippen molar-refractivity contribution in [2.24, 2.45) is 0 Å². The number of methoxy groups -OCH3 is 1. The van der Waals surface area contributed by atoms with Crippen LogP contribution in [0.25, 0.3) is 0 Å². The van der Waals surface area contributed by atoms with E-state index in [0.717, 1.165) is 29.8 Å². The van der Waals surface area contributed by atoms with Gasteiger partial charge >= 0.3 is 6.03 Å². The molecule has 0 aromatic heterocycles. The van der Waals surface area contributed by atoms with E-state index in [1.165, 1.54) is 17.5 Å². The fourth-order valence-corrected chi connectivity index (χ4v) is 2.99. The highest BCUT2D eigenvalue weighted by Crippen LogP contribution is 2.25. The lowest BCUT2D eigenvalue weighted by atomic mass is 10.1. The van der Waals surface area contributed by atoms with Crippen LogP contribution >= 0.6 is 0 Å². The summed E-state index contributed by atoms with van der Waals surface area (Å²) in [5, 5.41) is 5.88. The third-order valence-corrected chi connectivity index (χ3v) is 4.32. The van der Waals surface area contributed by atoms with Gasteiger partial charge in [0.15, 0.2) is 0 Å². The molecule has 2 N–H and O–H groups in total. The number of carbonyl (C=O) groups excluding carboxylic acids is 1. The normalized spacial score (nSPS) is 14.0. The second-order valence-corrected chi connectivity index (χ2v) is 5.93. The smallest absolute Gasteiger partial charge is 0.319 e. The Morgan fingerprint density at radius 3 is 2.57 bits per heavy atom. The van der Waals surface area contributed by atoms with Gasteiger partial charge in [-0.15, -0.1) is 0 Å². The van der Waals surface area contributed by atoms with Crippen molar-refractivity contribution >= 4 is 11.7 Å². The Kier molecular flexibility index (Phi) is 4.51. The van der Waals surface area contributed by atoms with E-state index in [1.807, 2.05) is 37.3 Å². The molecule has 2 aromatic rings. The van der Waals surface area contributed by atoms with Crippen molar-refractivity contribution in [3.8, 4) is 5.75 Å². The molecule has 23 heavy (non-hydrogen) atoms. The zero-order chi connectivity index (χ0) is 16.2. The molecule has 0 aliphatic heterocycles. The van der Waals surface area contributed by atoms with Gasteiger partial charge < -0.3 is 15.4 Å². The lowest BCUT2D eigenvalue weighted by molar-refractivity contribution is 0.249. The van der Waals surface area contributed by atoms with Gasteiger partial charge in [-0.05, 0) is 67.1 Å². The van der Waals surface area contributed by atoms with Crippen molar-refractivity contribution in [2.75, 3.05) is 12.4 Å². The molecule has 0 radical (unpaired) electrons. The van der Waals surface area contributed by atoms with Gasteiger partial charge in [-0.3, -0.25) is 0 Å². The van der Waals surface area contributed by atoms with Crippen molar-refractivity contribution in [3.05, 3.63) is 59.2 Å². The maximum Gasteiger partial charge on any atom is 0.319 e. The molecule has 0 saturated heterocycles. The molecule has 2 aromatic carbocycles. The highest BCUT2D eigenvalue weighted by molar-refractivity contribution is 5.89. The molecule has 0 bridgehead atoms. The molecule has 1 aliphatic rings. The van der Waals surface area contributed by atoms with E-state index >= 15 is 0 Å². The predicted molar refractivity (Wildman–Crippen MR) is 92.0 cm³/mol. The Hall–Kier alpha value is -2.49. The van der Waals surface area contributed by atoms with Gasteiger partial charge in [-0.1, -0.05) is 18.2 Å². The molecule has 1 aliphatic carbocycles. The number of urea groups is 1. The van der Waals surface area contributed by atoms with Crippen LogP contribution in [0.1, 0.15) is 36.1 Å². The maximum atomic E-state index is 12.2. The van der Waals surface area contributed by atoms with E-state index in [4.69, 9.17) is 4.74 Å². The summed E-state index contributed by atoms with van der Waals surface area (Å²) in [5.74, 6) is 0.809. The SMILES string of the molecule is COc1ccc(C(C)NC(=O)Nc2ccc3c(c2)CCC3)cc1. The number of benzene rings is 2. The summed E-state index contributed by atoms with van der Waals surface area (Å²) in [7, 11) is 1.64. The summed E-state index contributed by atoms with van der Waals surface area (Å²) in [6, 6.07) is 13.6. The first-order valence-corrected chi connectivity index (χ1v) is 7.99. The van der Waals surface area contributed by atoms with Crippen molar-refractivity contribution in [1.29, 1.82) is 0 Å². The number of hydrogen-bond donors (Lipinski definition) is 2. The average Bonchev–Trinajstić information content (AvgIpc) is 3.02. The van der Waals surface area contributed by atoms with Crippen LogP contribution in [0.4, 0.5) is 10.5 Å². The standard InChI is InChI=1S/C19H22N2O2/c1-13(14-7-10-18(23-2)11-8-14)20-19(22)21-17-9-6-15-4-3-5-16(15)12-17/h6-13H,3-5H2,1-2H3,(H2,20,21,22). The summed E-state index contributed by atoms with van der Waals surface area (Å²) in [5.41, 5.74) is 4.65. The summed E-state index contributed by atoms with van der Waals surface area (Å²) >= 11 is 0. The largest absolute Gasteiger partial charge is 0.497 e. The number of anilines is 1. The van der Waals surface area contributed by atoms with Gasteiger partial charge in [0, 0.05) is 5.69 Å². The molecule has 3 rings (SSSR count). The first-order valence-electron chi connectivity index (χ1n) is 7.99. The highest BCUT2D eigenvalue weighted by Gasteiger charge is 2.13. The molecule has 0 heterocycles. The monoisotopic (exact) mass is 310 g/mol. The molecular formula is C19H22N2O2. The quantitative estimate of drug-likeness (QED) is 0.894. The number of aryl methyl sites for hydroxylation is 2. The van der Waals surface area contributed by atoms with Crippen LogP contribution in [0.15, 0.2) is 42.5 Å². The van der Waals surface area contributed by atoms with Crippen molar-refractivity contribution in [2.45, 2.75) is 32.2 Å². The molecule has 0 saturated carbocycles. The number of ether oxygens (including phenoxy) is 1. The Bertz CT molecular complexity index is 695. The minimum atomic E-state index is -0.189. The van der Waals surface area contributed by atoms with Gasteiger partial charge in [-0.25, -0.2) is 4.79 Å². The lowest BCUT2D eigenvalue weighted by Crippen LogP contribution is -2.31. The summed E-state index contributed by atoms with van der Waals surface area (Å²) in [6.07, 6.45) is 3.46. The number of carbonyl (C=O) groups is 1. The number of hydrogen-bond acceptors (Lipinski definition) is 2. The van der Waals surface area contributed by atoms with Gasteiger partial charge in [0.05, 0.1) is 13.2 Å². The van der Waals surface area contributed by atoms with Gasteiger partial charge in [-0.2, -0.15) is 0 Å². The van der Waals surface area contributed by atoms with E-state index in [2.05, 4.69) is 22.8 Å². The van der Waals surface area contributed by atoms with Crippen molar-refractivity contribution in [3.63, 3.8) is 0 Å². The first-order chi connectivity index (χ1) is 11.2. The predicted octanol–water partition coefficient (Wildman–Crippen LogP) is 4.07. The van der Waals surface area contributed by atoms with Gasteiger partial charge in [0.25, 0.3) is 0 Å². The number of amides is 2. The van der Waals surface area contributed by atoms with Crippen LogP contribution in [0.2, 0.25) is 0 Å². The molecule has 0 fully saturated rings. The fraction of sp³-hybridized carbons (Fsp3) is 0.316. The Balaban J connectivity index is 1.60. The maximum absolute atomic E-state index is 12.2. The minimum absolute atomic E-state index is 0.0738. The average molecular weight is 310 g/mol. The fourth-order valence-electron chi connectivity index (χ4n) is 2.99. The van der Waals surface area contributed by atoms with E-state index < -0.39 is 0 Å². The molecule has 4 heteroatoms. The zero-order valence-electron chi connectivity index (χ0n) is 13.6. The molecule has 4 nitrogen and oxygen atoms in total. The minimum Gasteiger partial charge on any atom is -0.497 e. The zero-order valence-corrected chi connectivity index (χ0v) is 13.6. The summed E-state index contributed by atoms with van der Waals surface area (Å²) in [4.78, 5) is 12.2. The molecule has 0 spiro atoms. The van der Waals surface area contributed by atoms with Crippen LogP contribution in [0, 0.1) is 0 Å². The number of fused-ring (bicyclic) bond motifs is 1. The molecule has 120 valence electrons. The summed E-state index contributed by atoms with van der Waals surface area (Å²) < 4.78 is 5.15. The number of nitrogens with one attached hydrogen (secondary N) is 2. The topological polar surface area (TPSA) is 50.4 Å². The second-order valence-electron chi connectivity index (χ2n) is 5.93. The Morgan fingerprint density at radius 1 is 1.09 bits per heavy atom. The molecule has 1 atom stereocenters. The Labute approximate surface area is 136 Å². The van der Waals surface area contributed by atoms with Crippen LogP contribution in [-0.2, 0) is 12.8 Å². The van der Waals surface area contributed by atoms with E-state index in [9.17, 15) is 4.79 Å². The van der Waals surface area contributed by atoms with Crippen LogP contribution in [-0.4, -0.2) is 13.1 Å². The van der Waals surface area contributed by atoms with E-state index in [0.29, 0.717) is 0 Å². The first kappa shape index (κ1) is 15.4. The third kappa shape index (κ3) is 3.65. The summed E-state index contributed by atoms with van der Waals surface area (Å²) in [6.45, 7) is 1.96. The third-order valence-electron chi connectivity index (χ3n) is 4.32. The van der Waals surface area contributed by atoms with Gasteiger partial charge in [0.1, 0.15) is 5.75 Å². The van der Waals surface area contributed by atoms with Crippen LogP contribution in [0.5, 0.6) is 5.75 Å². The van der Waals surface area contributed by atoms with Crippen molar-refractivity contribution < 1.29 is 9.53 Å². The van der Waals surface area contributed by atoms with Crippen LogP contribution < -0.4 is 15.4 Å². The van der Waals surface area contributed by atoms with E-state index in [-0.39, 0.29) is 12.1 Å². The van der Waals surface area contributed by atoms with Crippen LogP contribution in [0.3, 0.4) is 0 Å². The van der Waals surface area contributed by atoms with Gasteiger partial charge in [0.2, 0.25) is 0 Å². The second kappa shape index (κ2) is 6.73. The molecule has 2 amide bonds. The molecule has 1 unspecified atom stereocenters. The number of rotatable bonds is 4. The van der Waals surface area contributed by atoms with Crippen molar-refractivity contribution in [1.82, 2.24) is 5.32 Å². The lowest BCUT2D eigenvalue weighted by Gasteiger charge is -2.16.